The Morgan fingerprint density at radius 1 is 1.06 bits per heavy atom. The lowest BCUT2D eigenvalue weighted by Crippen LogP contribution is -2.17. The van der Waals surface area contributed by atoms with Gasteiger partial charge in [-0.15, -0.1) is 0 Å². The number of hydrogen-bond donors (Lipinski definition) is 1. The van der Waals surface area contributed by atoms with Gasteiger partial charge in [0.1, 0.15) is 0 Å². The molecule has 0 heterocycles. The second-order valence-corrected chi connectivity index (χ2v) is 4.89. The Morgan fingerprint density at radius 3 is 2.56 bits per heavy atom. The molecule has 2 rings (SSSR count). The van der Waals surface area contributed by atoms with E-state index in [1.54, 1.807) is 0 Å². The third kappa shape index (κ3) is 2.83. The number of rotatable bonds is 3. The summed E-state index contributed by atoms with van der Waals surface area (Å²) in [5.74, 6) is 0. The van der Waals surface area contributed by atoms with E-state index in [2.05, 4.69) is 56.1 Å². The Hall–Kier alpha value is -1.96. The number of benzene rings is 2. The normalized spacial score (nSPS) is 10.4. The lowest BCUT2D eigenvalue weighted by atomic mass is 10.1. The monoisotopic (exact) mass is 240 g/mol. The first-order chi connectivity index (χ1) is 8.56. The quantitative estimate of drug-likeness (QED) is 0.832. The largest absolute Gasteiger partial charge is 0.399 e. The van der Waals surface area contributed by atoms with Crippen molar-refractivity contribution < 1.29 is 0 Å². The number of hydrogen-bond acceptors (Lipinski definition) is 2. The molecular formula is C16H20N2. The van der Waals surface area contributed by atoms with Crippen molar-refractivity contribution in [2.75, 3.05) is 17.7 Å². The molecule has 94 valence electrons. The third-order valence-electron chi connectivity index (χ3n) is 3.15. The minimum atomic E-state index is 0.812. The van der Waals surface area contributed by atoms with Gasteiger partial charge < -0.3 is 10.6 Å². The summed E-state index contributed by atoms with van der Waals surface area (Å²) in [5, 5.41) is 0. The number of nitrogens with two attached hydrogens (primary N) is 1. The van der Waals surface area contributed by atoms with Crippen LogP contribution in [-0.4, -0.2) is 7.05 Å². The minimum absolute atomic E-state index is 0.812. The van der Waals surface area contributed by atoms with E-state index >= 15 is 0 Å². The summed E-state index contributed by atoms with van der Waals surface area (Å²) in [5.41, 5.74) is 11.7. The van der Waals surface area contributed by atoms with Crippen molar-refractivity contribution in [2.24, 2.45) is 0 Å². The van der Waals surface area contributed by atoms with Crippen molar-refractivity contribution in [3.05, 3.63) is 59.2 Å². The zero-order valence-corrected chi connectivity index (χ0v) is 11.3. The van der Waals surface area contributed by atoms with Gasteiger partial charge in [0.15, 0.2) is 0 Å². The standard InChI is InChI=1S/C16H20N2/c1-12-5-4-6-14(9-12)11-18(3)16-10-15(17)8-7-13(16)2/h4-10H,11,17H2,1-3H3. The van der Waals surface area contributed by atoms with E-state index in [1.807, 2.05) is 12.1 Å². The maximum absolute atomic E-state index is 5.86. The molecule has 0 fully saturated rings. The second kappa shape index (κ2) is 5.13. The van der Waals surface area contributed by atoms with E-state index in [0.717, 1.165) is 12.2 Å². The molecule has 0 aliphatic carbocycles. The van der Waals surface area contributed by atoms with Crippen LogP contribution in [0.15, 0.2) is 42.5 Å². The molecule has 2 aromatic rings. The smallest absolute Gasteiger partial charge is 0.0426 e. The van der Waals surface area contributed by atoms with Crippen molar-refractivity contribution in [3.8, 4) is 0 Å². The maximum atomic E-state index is 5.86. The van der Waals surface area contributed by atoms with Gasteiger partial charge >= 0.3 is 0 Å². The fraction of sp³-hybridized carbons (Fsp3) is 0.250. The van der Waals surface area contributed by atoms with Crippen LogP contribution in [0, 0.1) is 13.8 Å². The Labute approximate surface area is 109 Å². The van der Waals surface area contributed by atoms with Gasteiger partial charge in [0.25, 0.3) is 0 Å². The summed E-state index contributed by atoms with van der Waals surface area (Å²) in [6.07, 6.45) is 0. The van der Waals surface area contributed by atoms with E-state index in [1.165, 1.54) is 22.4 Å². The molecule has 2 N–H and O–H groups in total. The lowest BCUT2D eigenvalue weighted by Gasteiger charge is -2.22. The third-order valence-corrected chi connectivity index (χ3v) is 3.15. The molecule has 18 heavy (non-hydrogen) atoms. The second-order valence-electron chi connectivity index (χ2n) is 4.89. The van der Waals surface area contributed by atoms with Crippen LogP contribution in [0.2, 0.25) is 0 Å². The van der Waals surface area contributed by atoms with E-state index in [0.29, 0.717) is 0 Å². The SMILES string of the molecule is Cc1cccc(CN(C)c2cc(N)ccc2C)c1. The number of anilines is 2. The molecule has 2 aromatic carbocycles. The molecule has 0 unspecified atom stereocenters. The Kier molecular flexibility index (Phi) is 3.56. The van der Waals surface area contributed by atoms with Crippen LogP contribution >= 0.6 is 0 Å². The van der Waals surface area contributed by atoms with Crippen LogP contribution in [0.5, 0.6) is 0 Å². The first kappa shape index (κ1) is 12.5. The molecule has 0 saturated heterocycles. The highest BCUT2D eigenvalue weighted by molar-refractivity contribution is 5.60. The van der Waals surface area contributed by atoms with Crippen LogP contribution in [0.25, 0.3) is 0 Å². The molecule has 0 amide bonds. The van der Waals surface area contributed by atoms with Crippen LogP contribution in [0.3, 0.4) is 0 Å². The molecule has 2 heteroatoms. The summed E-state index contributed by atoms with van der Waals surface area (Å²) in [6, 6.07) is 14.6. The van der Waals surface area contributed by atoms with Crippen molar-refractivity contribution in [3.63, 3.8) is 0 Å². The summed E-state index contributed by atoms with van der Waals surface area (Å²) >= 11 is 0. The highest BCUT2D eigenvalue weighted by atomic mass is 15.1. The van der Waals surface area contributed by atoms with E-state index in [9.17, 15) is 0 Å². The van der Waals surface area contributed by atoms with Crippen LogP contribution < -0.4 is 10.6 Å². The van der Waals surface area contributed by atoms with E-state index in [-0.39, 0.29) is 0 Å². The predicted molar refractivity (Wildman–Crippen MR) is 78.9 cm³/mol. The summed E-state index contributed by atoms with van der Waals surface area (Å²) < 4.78 is 0. The first-order valence-electron chi connectivity index (χ1n) is 6.19. The molecule has 0 atom stereocenters. The van der Waals surface area contributed by atoms with Crippen molar-refractivity contribution >= 4 is 11.4 Å². The highest BCUT2D eigenvalue weighted by Gasteiger charge is 2.06. The van der Waals surface area contributed by atoms with Crippen LogP contribution in [0.1, 0.15) is 16.7 Å². The molecule has 0 aromatic heterocycles. The molecule has 2 nitrogen and oxygen atoms in total. The summed E-state index contributed by atoms with van der Waals surface area (Å²) in [4.78, 5) is 2.24. The molecule has 0 aliphatic rings. The Balaban J connectivity index is 2.21. The maximum Gasteiger partial charge on any atom is 0.0426 e. The predicted octanol–water partition coefficient (Wildman–Crippen LogP) is 3.52. The van der Waals surface area contributed by atoms with Gasteiger partial charge in [0.2, 0.25) is 0 Å². The first-order valence-corrected chi connectivity index (χ1v) is 6.19. The fourth-order valence-electron chi connectivity index (χ4n) is 2.21. The molecule has 0 spiro atoms. The summed E-state index contributed by atoms with van der Waals surface area (Å²) in [6.45, 7) is 5.13. The van der Waals surface area contributed by atoms with Crippen molar-refractivity contribution in [1.82, 2.24) is 0 Å². The highest BCUT2D eigenvalue weighted by Crippen LogP contribution is 2.23. The van der Waals surface area contributed by atoms with E-state index in [4.69, 9.17) is 5.73 Å². The Morgan fingerprint density at radius 2 is 1.83 bits per heavy atom. The Bertz CT molecular complexity index is 547. The fourth-order valence-corrected chi connectivity index (χ4v) is 2.21. The van der Waals surface area contributed by atoms with Gasteiger partial charge in [0, 0.05) is 25.0 Å². The van der Waals surface area contributed by atoms with Gasteiger partial charge in [0.05, 0.1) is 0 Å². The van der Waals surface area contributed by atoms with Gasteiger partial charge in [-0.05, 0) is 37.1 Å². The number of nitrogens with zero attached hydrogens (tertiary/aromatic N) is 1. The van der Waals surface area contributed by atoms with Gasteiger partial charge in [-0.3, -0.25) is 0 Å². The topological polar surface area (TPSA) is 29.3 Å². The van der Waals surface area contributed by atoms with E-state index < -0.39 is 0 Å². The lowest BCUT2D eigenvalue weighted by molar-refractivity contribution is 0.916. The zero-order chi connectivity index (χ0) is 13.1. The molecule has 0 radical (unpaired) electrons. The average molecular weight is 240 g/mol. The number of nitrogen functional groups attached to an aromatic ring is 1. The molecular weight excluding hydrogens is 220 g/mol. The average Bonchev–Trinajstić information content (AvgIpc) is 2.32. The van der Waals surface area contributed by atoms with Crippen molar-refractivity contribution in [1.29, 1.82) is 0 Å². The van der Waals surface area contributed by atoms with Gasteiger partial charge in [-0.2, -0.15) is 0 Å². The van der Waals surface area contributed by atoms with Crippen LogP contribution in [0.4, 0.5) is 11.4 Å². The van der Waals surface area contributed by atoms with Gasteiger partial charge in [-0.1, -0.05) is 35.9 Å². The summed E-state index contributed by atoms with van der Waals surface area (Å²) in [7, 11) is 2.10. The molecule has 0 bridgehead atoms. The number of aryl methyl sites for hydroxylation is 2. The van der Waals surface area contributed by atoms with Crippen molar-refractivity contribution in [2.45, 2.75) is 20.4 Å². The van der Waals surface area contributed by atoms with Gasteiger partial charge in [-0.25, -0.2) is 0 Å². The zero-order valence-electron chi connectivity index (χ0n) is 11.3. The van der Waals surface area contributed by atoms with Crippen LogP contribution in [-0.2, 0) is 6.54 Å². The molecule has 0 aliphatic heterocycles. The minimum Gasteiger partial charge on any atom is -0.399 e. The molecule has 0 saturated carbocycles.